The number of nitriles is 1. The Bertz CT molecular complexity index is 507. The first-order chi connectivity index (χ1) is 9.51. The van der Waals surface area contributed by atoms with E-state index in [0.717, 1.165) is 12.8 Å². The summed E-state index contributed by atoms with van der Waals surface area (Å²) in [7, 11) is 0. The number of aryl methyl sites for hydroxylation is 2. The van der Waals surface area contributed by atoms with Gasteiger partial charge in [0.15, 0.2) is 0 Å². The standard InChI is InChI=1S/C19H27N/c1-5-9-18(10-6-2)12-19(13-18,14-20)17-8-7-15(3)16(4)11-17/h7-8,11H,5-6,9-10,12-13H2,1-4H3. The predicted octanol–water partition coefficient (Wildman–Crippen LogP) is 5.45. The predicted molar refractivity (Wildman–Crippen MR) is 84.7 cm³/mol. The van der Waals surface area contributed by atoms with Crippen LogP contribution >= 0.6 is 0 Å². The Hall–Kier alpha value is -1.29. The Labute approximate surface area is 124 Å². The lowest BCUT2D eigenvalue weighted by atomic mass is 9.48. The minimum Gasteiger partial charge on any atom is -0.197 e. The second kappa shape index (κ2) is 5.60. The van der Waals surface area contributed by atoms with Crippen LogP contribution in [0.4, 0.5) is 0 Å². The molecule has 0 bridgehead atoms. The fourth-order valence-corrected chi connectivity index (χ4v) is 4.15. The van der Waals surface area contributed by atoms with Gasteiger partial charge in [-0.1, -0.05) is 44.9 Å². The topological polar surface area (TPSA) is 23.8 Å². The molecular formula is C19H27N. The van der Waals surface area contributed by atoms with Crippen molar-refractivity contribution in [3.63, 3.8) is 0 Å². The molecule has 1 nitrogen and oxygen atoms in total. The van der Waals surface area contributed by atoms with E-state index in [4.69, 9.17) is 0 Å². The molecule has 0 spiro atoms. The molecule has 2 rings (SSSR count). The van der Waals surface area contributed by atoms with Crippen molar-refractivity contribution in [2.24, 2.45) is 5.41 Å². The molecule has 0 aromatic heterocycles. The summed E-state index contributed by atoms with van der Waals surface area (Å²) in [6.07, 6.45) is 7.12. The van der Waals surface area contributed by atoms with Gasteiger partial charge in [-0.2, -0.15) is 5.26 Å². The van der Waals surface area contributed by atoms with Gasteiger partial charge in [-0.25, -0.2) is 0 Å². The van der Waals surface area contributed by atoms with Crippen molar-refractivity contribution in [2.75, 3.05) is 0 Å². The van der Waals surface area contributed by atoms with Crippen LogP contribution in [0.1, 0.15) is 69.1 Å². The molecule has 0 heterocycles. The molecule has 108 valence electrons. The van der Waals surface area contributed by atoms with Crippen LogP contribution in [0, 0.1) is 30.6 Å². The van der Waals surface area contributed by atoms with Gasteiger partial charge in [0.25, 0.3) is 0 Å². The zero-order valence-corrected chi connectivity index (χ0v) is 13.4. The summed E-state index contributed by atoms with van der Waals surface area (Å²) in [6, 6.07) is 9.23. The molecule has 1 saturated carbocycles. The highest BCUT2D eigenvalue weighted by Gasteiger charge is 2.54. The molecule has 1 aliphatic carbocycles. The van der Waals surface area contributed by atoms with Crippen LogP contribution in [0.5, 0.6) is 0 Å². The smallest absolute Gasteiger partial charge is 0.0833 e. The maximum absolute atomic E-state index is 9.77. The quantitative estimate of drug-likeness (QED) is 0.697. The number of hydrogen-bond donors (Lipinski definition) is 0. The highest BCUT2D eigenvalue weighted by molar-refractivity contribution is 5.42. The average Bonchev–Trinajstić information content (AvgIpc) is 2.39. The molecule has 1 aliphatic rings. The van der Waals surface area contributed by atoms with Gasteiger partial charge in [0.05, 0.1) is 11.5 Å². The van der Waals surface area contributed by atoms with Crippen molar-refractivity contribution >= 4 is 0 Å². The molecular weight excluding hydrogens is 242 g/mol. The molecule has 0 atom stereocenters. The van der Waals surface area contributed by atoms with Crippen molar-refractivity contribution in [3.8, 4) is 6.07 Å². The van der Waals surface area contributed by atoms with Crippen LogP contribution in [0.15, 0.2) is 18.2 Å². The Morgan fingerprint density at radius 1 is 1.05 bits per heavy atom. The van der Waals surface area contributed by atoms with Crippen LogP contribution in [-0.2, 0) is 5.41 Å². The van der Waals surface area contributed by atoms with Gasteiger partial charge in [0, 0.05) is 0 Å². The van der Waals surface area contributed by atoms with E-state index in [-0.39, 0.29) is 5.41 Å². The first-order valence-electron chi connectivity index (χ1n) is 8.00. The van der Waals surface area contributed by atoms with E-state index in [1.54, 1.807) is 0 Å². The monoisotopic (exact) mass is 269 g/mol. The van der Waals surface area contributed by atoms with Crippen LogP contribution in [0.2, 0.25) is 0 Å². The molecule has 0 saturated heterocycles. The van der Waals surface area contributed by atoms with Gasteiger partial charge < -0.3 is 0 Å². The zero-order valence-electron chi connectivity index (χ0n) is 13.4. The van der Waals surface area contributed by atoms with E-state index < -0.39 is 0 Å². The van der Waals surface area contributed by atoms with E-state index in [1.165, 1.54) is 42.4 Å². The molecule has 0 unspecified atom stereocenters. The van der Waals surface area contributed by atoms with Crippen LogP contribution in [0.3, 0.4) is 0 Å². The largest absolute Gasteiger partial charge is 0.197 e. The maximum atomic E-state index is 9.77. The highest BCUT2D eigenvalue weighted by atomic mass is 14.6. The molecule has 1 aromatic rings. The van der Waals surface area contributed by atoms with E-state index in [0.29, 0.717) is 5.41 Å². The molecule has 1 fully saturated rings. The number of rotatable bonds is 5. The second-order valence-electron chi connectivity index (χ2n) is 6.85. The molecule has 1 aromatic carbocycles. The van der Waals surface area contributed by atoms with Gasteiger partial charge in [-0.3, -0.25) is 0 Å². The minimum absolute atomic E-state index is 0.219. The lowest BCUT2D eigenvalue weighted by Crippen LogP contribution is -2.48. The summed E-state index contributed by atoms with van der Waals surface area (Å²) < 4.78 is 0. The van der Waals surface area contributed by atoms with Gasteiger partial charge in [0.2, 0.25) is 0 Å². The third kappa shape index (κ3) is 2.49. The fraction of sp³-hybridized carbons (Fsp3) is 0.632. The molecule has 20 heavy (non-hydrogen) atoms. The van der Waals surface area contributed by atoms with Crippen molar-refractivity contribution in [1.29, 1.82) is 5.26 Å². The summed E-state index contributed by atoms with van der Waals surface area (Å²) in [5.74, 6) is 0. The maximum Gasteiger partial charge on any atom is 0.0833 e. The third-order valence-electron chi connectivity index (χ3n) is 5.19. The minimum atomic E-state index is -0.219. The van der Waals surface area contributed by atoms with Crippen LogP contribution in [0.25, 0.3) is 0 Å². The zero-order chi connectivity index (χ0) is 14.8. The van der Waals surface area contributed by atoms with Crippen molar-refractivity contribution in [1.82, 2.24) is 0 Å². The lowest BCUT2D eigenvalue weighted by Gasteiger charge is -2.53. The van der Waals surface area contributed by atoms with Gasteiger partial charge in [-0.05, 0) is 61.6 Å². The molecule has 0 aliphatic heterocycles. The Balaban J connectivity index is 2.26. The number of nitrogens with zero attached hydrogens (tertiary/aromatic N) is 1. The van der Waals surface area contributed by atoms with Crippen LogP contribution in [-0.4, -0.2) is 0 Å². The average molecular weight is 269 g/mol. The summed E-state index contributed by atoms with van der Waals surface area (Å²) in [5.41, 5.74) is 4.07. The molecule has 1 heteroatoms. The molecule has 0 amide bonds. The fourth-order valence-electron chi connectivity index (χ4n) is 4.15. The Morgan fingerprint density at radius 3 is 2.10 bits per heavy atom. The number of hydrogen-bond acceptors (Lipinski definition) is 1. The number of benzene rings is 1. The van der Waals surface area contributed by atoms with Crippen molar-refractivity contribution < 1.29 is 0 Å². The lowest BCUT2D eigenvalue weighted by molar-refractivity contribution is 0.0357. The summed E-state index contributed by atoms with van der Waals surface area (Å²) in [5, 5.41) is 9.77. The van der Waals surface area contributed by atoms with Gasteiger partial charge in [0.1, 0.15) is 0 Å². The summed E-state index contributed by atoms with van der Waals surface area (Å²) >= 11 is 0. The molecule has 0 N–H and O–H groups in total. The summed E-state index contributed by atoms with van der Waals surface area (Å²) in [4.78, 5) is 0. The highest BCUT2D eigenvalue weighted by Crippen LogP contribution is 2.60. The van der Waals surface area contributed by atoms with Gasteiger partial charge in [-0.15, -0.1) is 0 Å². The van der Waals surface area contributed by atoms with E-state index in [9.17, 15) is 5.26 Å². The van der Waals surface area contributed by atoms with Gasteiger partial charge >= 0.3 is 0 Å². The second-order valence-corrected chi connectivity index (χ2v) is 6.85. The van der Waals surface area contributed by atoms with E-state index in [2.05, 4.69) is 52.0 Å². The first kappa shape index (κ1) is 15.1. The normalized spacial score (nSPS) is 19.1. The van der Waals surface area contributed by atoms with Crippen molar-refractivity contribution in [3.05, 3.63) is 34.9 Å². The van der Waals surface area contributed by atoms with E-state index >= 15 is 0 Å². The van der Waals surface area contributed by atoms with E-state index in [1.807, 2.05) is 0 Å². The Kier molecular flexibility index (Phi) is 4.23. The van der Waals surface area contributed by atoms with Crippen molar-refractivity contribution in [2.45, 2.75) is 71.6 Å². The SMILES string of the molecule is CCCC1(CCC)CC(C#N)(c2ccc(C)c(C)c2)C1. The molecule has 0 radical (unpaired) electrons. The third-order valence-corrected chi connectivity index (χ3v) is 5.19. The first-order valence-corrected chi connectivity index (χ1v) is 8.00. The summed E-state index contributed by atoms with van der Waals surface area (Å²) in [6.45, 7) is 8.81. The Morgan fingerprint density at radius 2 is 1.65 bits per heavy atom. The van der Waals surface area contributed by atoms with Crippen LogP contribution < -0.4 is 0 Å².